The number of amides is 1. The van der Waals surface area contributed by atoms with Crippen LogP contribution in [-0.4, -0.2) is 56.3 Å². The summed E-state index contributed by atoms with van der Waals surface area (Å²) < 4.78 is 30.0. The minimum atomic E-state index is -1.43. The topological polar surface area (TPSA) is 84.6 Å². The predicted molar refractivity (Wildman–Crippen MR) is 49.8 cm³/mol. The molecule has 0 saturated carbocycles. The molecule has 2 unspecified atom stereocenters. The molecule has 90 valence electrons. The number of rotatable bonds is 8. The van der Waals surface area contributed by atoms with Gasteiger partial charge >= 0.3 is 0 Å². The van der Waals surface area contributed by atoms with Gasteiger partial charge < -0.3 is 20.9 Å². The predicted octanol–water partition coefficient (Wildman–Crippen LogP) is -1.25. The zero-order valence-corrected chi connectivity index (χ0v) is 8.29. The highest BCUT2D eigenvalue weighted by Crippen LogP contribution is 1.94. The zero-order chi connectivity index (χ0) is 11.7. The van der Waals surface area contributed by atoms with E-state index in [2.05, 4.69) is 10.1 Å². The number of hydrogen-bond donors (Lipinski definition) is 3. The molecule has 4 N–H and O–H groups in total. The van der Waals surface area contributed by atoms with Crippen LogP contribution in [0.5, 0.6) is 0 Å². The largest absolute Gasteiger partial charge is 0.387 e. The summed E-state index contributed by atoms with van der Waals surface area (Å²) in [6.07, 6.45) is -2.73. The molecular formula is C8H16F2N2O3. The van der Waals surface area contributed by atoms with Crippen LogP contribution >= 0.6 is 0 Å². The van der Waals surface area contributed by atoms with Crippen LogP contribution in [-0.2, 0) is 9.53 Å². The average molecular weight is 226 g/mol. The van der Waals surface area contributed by atoms with Gasteiger partial charge in [0.25, 0.3) is 0 Å². The molecule has 0 aliphatic rings. The van der Waals surface area contributed by atoms with Crippen LogP contribution in [0.1, 0.15) is 0 Å². The maximum Gasteiger partial charge on any atom is 0.245 e. The number of nitrogens with two attached hydrogens (primary N) is 1. The Morgan fingerprint density at radius 1 is 1.40 bits per heavy atom. The lowest BCUT2D eigenvalue weighted by atomic mass is 10.4. The van der Waals surface area contributed by atoms with E-state index in [-0.39, 0.29) is 26.3 Å². The van der Waals surface area contributed by atoms with Crippen LogP contribution in [0.15, 0.2) is 0 Å². The van der Waals surface area contributed by atoms with Gasteiger partial charge in [-0.1, -0.05) is 0 Å². The molecule has 0 spiro atoms. The summed E-state index contributed by atoms with van der Waals surface area (Å²) in [5.74, 6) is -0.664. The number of aliphatic hydroxyl groups is 1. The number of nitrogens with one attached hydrogen (secondary N) is 1. The van der Waals surface area contributed by atoms with Gasteiger partial charge in [-0.2, -0.15) is 0 Å². The first-order valence-electron chi connectivity index (χ1n) is 4.53. The van der Waals surface area contributed by atoms with Crippen molar-refractivity contribution in [2.75, 3.05) is 32.9 Å². The van der Waals surface area contributed by atoms with Gasteiger partial charge in [0.2, 0.25) is 5.91 Å². The first kappa shape index (κ1) is 14.2. The van der Waals surface area contributed by atoms with E-state index < -0.39 is 24.9 Å². The van der Waals surface area contributed by atoms with Crippen molar-refractivity contribution in [1.29, 1.82) is 0 Å². The van der Waals surface area contributed by atoms with E-state index >= 15 is 0 Å². The quantitative estimate of drug-likeness (QED) is 0.482. The van der Waals surface area contributed by atoms with Crippen molar-refractivity contribution in [3.63, 3.8) is 0 Å². The van der Waals surface area contributed by atoms with E-state index in [1.54, 1.807) is 0 Å². The van der Waals surface area contributed by atoms with Gasteiger partial charge in [0.05, 0.1) is 19.8 Å². The Bertz CT molecular complexity index is 183. The molecule has 0 aromatic carbocycles. The minimum absolute atomic E-state index is 0.168. The molecule has 15 heavy (non-hydrogen) atoms. The van der Waals surface area contributed by atoms with Gasteiger partial charge in [-0.3, -0.25) is 4.79 Å². The fourth-order valence-corrected chi connectivity index (χ4v) is 0.731. The molecule has 1 amide bonds. The lowest BCUT2D eigenvalue weighted by molar-refractivity contribution is -0.124. The Balaban J connectivity index is 3.41. The highest BCUT2D eigenvalue weighted by atomic mass is 19.1. The highest BCUT2D eigenvalue weighted by Gasteiger charge is 2.10. The lowest BCUT2D eigenvalue weighted by Gasteiger charge is -2.11. The molecule has 5 nitrogen and oxygen atoms in total. The number of halogens is 2. The summed E-state index contributed by atoms with van der Waals surface area (Å²) in [7, 11) is 0. The summed E-state index contributed by atoms with van der Waals surface area (Å²) in [6.45, 7) is -1.69. The number of alkyl halides is 2. The highest BCUT2D eigenvalue weighted by molar-refractivity contribution is 5.76. The van der Waals surface area contributed by atoms with Crippen molar-refractivity contribution >= 4 is 5.91 Å². The third-order valence-electron chi connectivity index (χ3n) is 1.52. The van der Waals surface area contributed by atoms with Gasteiger partial charge in [0, 0.05) is 6.54 Å². The van der Waals surface area contributed by atoms with Gasteiger partial charge in [-0.15, -0.1) is 0 Å². The Morgan fingerprint density at radius 2 is 2.00 bits per heavy atom. The zero-order valence-electron chi connectivity index (χ0n) is 8.29. The van der Waals surface area contributed by atoms with Crippen molar-refractivity contribution in [3.05, 3.63) is 0 Å². The smallest absolute Gasteiger partial charge is 0.245 e. The van der Waals surface area contributed by atoms with E-state index in [9.17, 15) is 13.6 Å². The Morgan fingerprint density at radius 3 is 2.53 bits per heavy atom. The number of ether oxygens (including phenoxy) is 1. The second-order valence-corrected chi connectivity index (χ2v) is 2.93. The molecule has 0 rings (SSSR count). The van der Waals surface area contributed by atoms with Crippen molar-refractivity contribution in [1.82, 2.24) is 5.32 Å². The molecular weight excluding hydrogens is 210 g/mol. The van der Waals surface area contributed by atoms with E-state index in [0.717, 1.165) is 0 Å². The summed E-state index contributed by atoms with van der Waals surface area (Å²) in [5.41, 5.74) is 4.97. The Hall–Kier alpha value is -0.790. The molecule has 0 aromatic heterocycles. The fourth-order valence-electron chi connectivity index (χ4n) is 0.731. The van der Waals surface area contributed by atoms with Crippen molar-refractivity contribution in [2.24, 2.45) is 5.73 Å². The summed E-state index contributed by atoms with van der Waals surface area (Å²) in [4.78, 5) is 10.5. The first-order valence-corrected chi connectivity index (χ1v) is 4.53. The van der Waals surface area contributed by atoms with Gasteiger partial charge in [0.1, 0.15) is 19.0 Å². The molecule has 0 bridgehead atoms. The lowest BCUT2D eigenvalue weighted by Crippen LogP contribution is -2.34. The van der Waals surface area contributed by atoms with Gasteiger partial charge in [-0.25, -0.2) is 8.78 Å². The number of carbonyl (C=O) groups is 1. The molecule has 2 atom stereocenters. The maximum absolute atomic E-state index is 12.9. The number of aliphatic hydroxyl groups excluding tert-OH is 1. The Kier molecular flexibility index (Phi) is 8.06. The number of carbonyl (C=O) groups excluding carboxylic acids is 1. The molecule has 0 saturated heterocycles. The standard InChI is InChI=1S/C8H16F2N2O3/c9-6(1-11)4-15-5-7(10)2-12-8(14)3-13/h6-7,13H,1-5,11H2,(H,12,14). The average Bonchev–Trinajstić information content (AvgIpc) is 2.25. The Labute approximate surface area is 86.6 Å². The third kappa shape index (κ3) is 8.22. The maximum atomic E-state index is 12.9. The monoisotopic (exact) mass is 226 g/mol. The van der Waals surface area contributed by atoms with Crippen LogP contribution in [0.3, 0.4) is 0 Å². The summed E-state index contributed by atoms with van der Waals surface area (Å²) in [6, 6.07) is 0. The van der Waals surface area contributed by atoms with Crippen LogP contribution in [0.4, 0.5) is 8.78 Å². The van der Waals surface area contributed by atoms with Gasteiger partial charge in [0.15, 0.2) is 0 Å². The van der Waals surface area contributed by atoms with E-state index in [0.29, 0.717) is 0 Å². The normalized spacial score (nSPS) is 14.7. The van der Waals surface area contributed by atoms with Gasteiger partial charge in [-0.05, 0) is 0 Å². The SMILES string of the molecule is NCC(F)COCC(F)CNC(=O)CO. The van der Waals surface area contributed by atoms with Crippen molar-refractivity contribution in [2.45, 2.75) is 12.3 Å². The molecule has 0 aromatic rings. The molecule has 0 radical (unpaired) electrons. The first-order chi connectivity index (χ1) is 7.10. The van der Waals surface area contributed by atoms with E-state index in [4.69, 9.17) is 10.8 Å². The van der Waals surface area contributed by atoms with Crippen LogP contribution in [0, 0.1) is 0 Å². The van der Waals surface area contributed by atoms with Crippen LogP contribution in [0.25, 0.3) is 0 Å². The fraction of sp³-hybridized carbons (Fsp3) is 0.875. The van der Waals surface area contributed by atoms with E-state index in [1.165, 1.54) is 0 Å². The minimum Gasteiger partial charge on any atom is -0.387 e. The third-order valence-corrected chi connectivity index (χ3v) is 1.52. The number of hydrogen-bond acceptors (Lipinski definition) is 4. The molecule has 0 fully saturated rings. The molecule has 0 aliphatic carbocycles. The van der Waals surface area contributed by atoms with E-state index in [1.807, 2.05) is 0 Å². The van der Waals surface area contributed by atoms with Crippen LogP contribution < -0.4 is 11.1 Å². The van der Waals surface area contributed by atoms with Crippen molar-refractivity contribution in [3.8, 4) is 0 Å². The van der Waals surface area contributed by atoms with Crippen molar-refractivity contribution < 1.29 is 23.4 Å². The molecule has 0 aliphatic heterocycles. The molecule has 7 heteroatoms. The summed E-state index contributed by atoms with van der Waals surface area (Å²) in [5, 5.41) is 10.4. The summed E-state index contributed by atoms with van der Waals surface area (Å²) >= 11 is 0. The van der Waals surface area contributed by atoms with Crippen LogP contribution in [0.2, 0.25) is 0 Å². The second-order valence-electron chi connectivity index (χ2n) is 2.93. The second kappa shape index (κ2) is 8.51. The molecule has 0 heterocycles.